The Kier molecular flexibility index (Phi) is 5.66. The van der Waals surface area contributed by atoms with Crippen molar-refractivity contribution in [3.63, 3.8) is 0 Å². The predicted octanol–water partition coefficient (Wildman–Crippen LogP) is 2.81. The molecule has 1 fully saturated rings. The van der Waals surface area contributed by atoms with Gasteiger partial charge in [-0.25, -0.2) is 0 Å². The first-order valence-electron chi connectivity index (χ1n) is 8.55. The SMILES string of the molecule is Cc1cscc1-c1ccc(C[C@@H](N)NC(=O)[C@@H]2CCCCN2)cc1. The number of amides is 1. The number of piperidine rings is 1. The molecular weight excluding hydrogens is 318 g/mol. The van der Waals surface area contributed by atoms with Gasteiger partial charge in [-0.1, -0.05) is 30.7 Å². The minimum atomic E-state index is -0.352. The summed E-state index contributed by atoms with van der Waals surface area (Å²) in [6.07, 6.45) is 3.43. The number of aryl methyl sites for hydroxylation is 1. The van der Waals surface area contributed by atoms with Gasteiger partial charge in [-0.15, -0.1) is 0 Å². The number of nitrogens with two attached hydrogens (primary N) is 1. The van der Waals surface area contributed by atoms with Crippen LogP contribution in [0.25, 0.3) is 11.1 Å². The summed E-state index contributed by atoms with van der Waals surface area (Å²) in [5.74, 6) is 0.0210. The number of carbonyl (C=O) groups excluding carboxylic acids is 1. The second kappa shape index (κ2) is 7.92. The summed E-state index contributed by atoms with van der Waals surface area (Å²) in [4.78, 5) is 12.2. The Morgan fingerprint density at radius 3 is 2.75 bits per heavy atom. The normalized spacial score (nSPS) is 19.0. The monoisotopic (exact) mass is 343 g/mol. The zero-order valence-electron chi connectivity index (χ0n) is 14.0. The number of thiophene rings is 1. The summed E-state index contributed by atoms with van der Waals surface area (Å²) < 4.78 is 0. The van der Waals surface area contributed by atoms with Gasteiger partial charge in [-0.3, -0.25) is 4.79 Å². The van der Waals surface area contributed by atoms with Crippen molar-refractivity contribution < 1.29 is 4.79 Å². The van der Waals surface area contributed by atoms with Crippen LogP contribution in [0.15, 0.2) is 35.0 Å². The van der Waals surface area contributed by atoms with Gasteiger partial charge in [0.05, 0.1) is 12.2 Å². The van der Waals surface area contributed by atoms with Crippen molar-refractivity contribution in [2.45, 2.75) is 44.8 Å². The quantitative estimate of drug-likeness (QED) is 0.731. The highest BCUT2D eigenvalue weighted by Crippen LogP contribution is 2.26. The van der Waals surface area contributed by atoms with E-state index in [0.717, 1.165) is 31.4 Å². The summed E-state index contributed by atoms with van der Waals surface area (Å²) in [6.45, 7) is 3.04. The summed E-state index contributed by atoms with van der Waals surface area (Å²) in [5, 5.41) is 10.5. The van der Waals surface area contributed by atoms with E-state index in [0.29, 0.717) is 6.42 Å². The molecule has 0 bridgehead atoms. The number of nitrogens with one attached hydrogen (secondary N) is 2. The molecule has 1 aliphatic heterocycles. The van der Waals surface area contributed by atoms with Crippen molar-refractivity contribution in [1.29, 1.82) is 0 Å². The maximum atomic E-state index is 12.2. The molecule has 0 unspecified atom stereocenters. The van der Waals surface area contributed by atoms with Gasteiger partial charge < -0.3 is 16.4 Å². The van der Waals surface area contributed by atoms with E-state index in [9.17, 15) is 4.79 Å². The van der Waals surface area contributed by atoms with E-state index >= 15 is 0 Å². The topological polar surface area (TPSA) is 67.1 Å². The van der Waals surface area contributed by atoms with Crippen LogP contribution in [0.1, 0.15) is 30.4 Å². The van der Waals surface area contributed by atoms with E-state index in [-0.39, 0.29) is 18.1 Å². The summed E-state index contributed by atoms with van der Waals surface area (Å²) in [7, 11) is 0. The molecule has 1 aliphatic rings. The Labute approximate surface area is 147 Å². The first-order chi connectivity index (χ1) is 11.6. The summed E-state index contributed by atoms with van der Waals surface area (Å²) >= 11 is 1.72. The third kappa shape index (κ3) is 4.23. The molecule has 2 aromatic rings. The van der Waals surface area contributed by atoms with Gasteiger partial charge in [0.2, 0.25) is 5.91 Å². The van der Waals surface area contributed by atoms with Crippen LogP contribution in [0.4, 0.5) is 0 Å². The third-order valence-corrected chi connectivity index (χ3v) is 5.39. The highest BCUT2D eigenvalue weighted by Gasteiger charge is 2.21. The highest BCUT2D eigenvalue weighted by molar-refractivity contribution is 7.08. The maximum Gasteiger partial charge on any atom is 0.238 e. The molecule has 1 aromatic heterocycles. The smallest absolute Gasteiger partial charge is 0.238 e. The average Bonchev–Trinajstić information content (AvgIpc) is 3.02. The van der Waals surface area contributed by atoms with E-state index in [4.69, 9.17) is 5.73 Å². The molecule has 2 atom stereocenters. The van der Waals surface area contributed by atoms with Crippen LogP contribution >= 0.6 is 11.3 Å². The fraction of sp³-hybridized carbons (Fsp3) is 0.421. The van der Waals surface area contributed by atoms with Crippen LogP contribution in [0.3, 0.4) is 0 Å². The number of benzene rings is 1. The van der Waals surface area contributed by atoms with Crippen LogP contribution in [-0.4, -0.2) is 24.7 Å². The second-order valence-corrected chi connectivity index (χ2v) is 7.23. The Balaban J connectivity index is 1.55. The molecule has 0 saturated carbocycles. The average molecular weight is 343 g/mol. The van der Waals surface area contributed by atoms with Crippen molar-refractivity contribution in [2.24, 2.45) is 5.73 Å². The van der Waals surface area contributed by atoms with Gasteiger partial charge in [0.15, 0.2) is 0 Å². The molecule has 4 nitrogen and oxygen atoms in total. The fourth-order valence-electron chi connectivity index (χ4n) is 3.14. The van der Waals surface area contributed by atoms with E-state index in [1.54, 1.807) is 11.3 Å². The molecule has 0 radical (unpaired) electrons. The molecule has 0 aliphatic carbocycles. The van der Waals surface area contributed by atoms with Crippen molar-refractivity contribution in [1.82, 2.24) is 10.6 Å². The molecule has 1 saturated heterocycles. The molecule has 1 aromatic carbocycles. The highest BCUT2D eigenvalue weighted by atomic mass is 32.1. The predicted molar refractivity (Wildman–Crippen MR) is 100.0 cm³/mol. The van der Waals surface area contributed by atoms with E-state index in [1.165, 1.54) is 16.7 Å². The minimum absolute atomic E-state index is 0.0210. The minimum Gasteiger partial charge on any atom is -0.339 e. The van der Waals surface area contributed by atoms with Crippen molar-refractivity contribution in [3.05, 3.63) is 46.2 Å². The van der Waals surface area contributed by atoms with Crippen molar-refractivity contribution >= 4 is 17.2 Å². The first-order valence-corrected chi connectivity index (χ1v) is 9.49. The lowest BCUT2D eigenvalue weighted by molar-refractivity contribution is -0.124. The number of hydrogen-bond acceptors (Lipinski definition) is 4. The van der Waals surface area contributed by atoms with Gasteiger partial charge in [-0.2, -0.15) is 11.3 Å². The van der Waals surface area contributed by atoms with Gasteiger partial charge >= 0.3 is 0 Å². The van der Waals surface area contributed by atoms with Crippen molar-refractivity contribution in [3.8, 4) is 11.1 Å². The second-order valence-electron chi connectivity index (χ2n) is 6.49. The van der Waals surface area contributed by atoms with Gasteiger partial charge in [0.1, 0.15) is 0 Å². The Bertz CT molecular complexity index is 674. The molecule has 128 valence electrons. The molecule has 0 spiro atoms. The van der Waals surface area contributed by atoms with Crippen LogP contribution < -0.4 is 16.4 Å². The van der Waals surface area contributed by atoms with Crippen molar-refractivity contribution in [2.75, 3.05) is 6.54 Å². The third-order valence-electron chi connectivity index (χ3n) is 4.53. The maximum absolute atomic E-state index is 12.2. The number of rotatable bonds is 5. The lowest BCUT2D eigenvalue weighted by Crippen LogP contribution is -2.52. The number of hydrogen-bond donors (Lipinski definition) is 3. The lowest BCUT2D eigenvalue weighted by Gasteiger charge is -2.24. The number of carbonyl (C=O) groups is 1. The molecular formula is C19H25N3OS. The van der Waals surface area contributed by atoms with E-state index < -0.39 is 0 Å². The standard InChI is InChI=1S/C19H25N3OS/c1-13-11-24-12-16(13)15-7-5-14(6-8-15)10-18(20)22-19(23)17-4-2-3-9-21-17/h5-8,11-12,17-18,21H,2-4,9-10,20H2,1H3,(H,22,23)/t17-,18-/m0/s1. The van der Waals surface area contributed by atoms with Gasteiger partial charge in [0, 0.05) is 6.42 Å². The van der Waals surface area contributed by atoms with Crippen LogP contribution in [-0.2, 0) is 11.2 Å². The molecule has 24 heavy (non-hydrogen) atoms. The van der Waals surface area contributed by atoms with E-state index in [2.05, 4.69) is 52.6 Å². The Morgan fingerprint density at radius 2 is 2.12 bits per heavy atom. The first kappa shape index (κ1) is 17.1. The van der Waals surface area contributed by atoms with Crippen LogP contribution in [0.5, 0.6) is 0 Å². The van der Waals surface area contributed by atoms with E-state index in [1.807, 2.05) is 0 Å². The summed E-state index contributed by atoms with van der Waals surface area (Å²) in [6, 6.07) is 8.35. The molecule has 4 N–H and O–H groups in total. The van der Waals surface area contributed by atoms with Crippen LogP contribution in [0, 0.1) is 6.92 Å². The van der Waals surface area contributed by atoms with Gasteiger partial charge in [0.25, 0.3) is 0 Å². The molecule has 3 rings (SSSR count). The Morgan fingerprint density at radius 1 is 1.33 bits per heavy atom. The largest absolute Gasteiger partial charge is 0.339 e. The molecule has 2 heterocycles. The van der Waals surface area contributed by atoms with Crippen LogP contribution in [0.2, 0.25) is 0 Å². The lowest BCUT2D eigenvalue weighted by atomic mass is 10.0. The molecule has 1 amide bonds. The fourth-order valence-corrected chi connectivity index (χ4v) is 4.00. The Hall–Kier alpha value is -1.69. The van der Waals surface area contributed by atoms with Gasteiger partial charge in [-0.05, 0) is 59.3 Å². The zero-order chi connectivity index (χ0) is 16.9. The summed E-state index contributed by atoms with van der Waals surface area (Å²) in [5.41, 5.74) is 11.1. The molecule has 5 heteroatoms. The zero-order valence-corrected chi connectivity index (χ0v) is 14.9.